The predicted molar refractivity (Wildman–Crippen MR) is 248 cm³/mol. The van der Waals surface area contributed by atoms with Gasteiger partial charge in [0.1, 0.15) is 11.2 Å². The van der Waals surface area contributed by atoms with Gasteiger partial charge in [-0.05, 0) is 80.2 Å². The van der Waals surface area contributed by atoms with Gasteiger partial charge < -0.3 is 8.98 Å². The molecular formula is C55H32N4O. The first-order chi connectivity index (χ1) is 29.8. The minimum absolute atomic E-state index is 0.592. The summed E-state index contributed by atoms with van der Waals surface area (Å²) >= 11 is 0. The lowest BCUT2D eigenvalue weighted by atomic mass is 9.93. The van der Waals surface area contributed by atoms with Crippen molar-refractivity contribution in [1.82, 2.24) is 19.5 Å². The highest BCUT2D eigenvalue weighted by Crippen LogP contribution is 2.46. The Morgan fingerprint density at radius 2 is 0.867 bits per heavy atom. The lowest BCUT2D eigenvalue weighted by Gasteiger charge is -2.14. The number of hydrogen-bond donors (Lipinski definition) is 0. The molecule has 5 nitrogen and oxygen atoms in total. The normalized spacial score (nSPS) is 12.0. The maximum atomic E-state index is 6.86. The molecule has 13 aromatic rings. The Morgan fingerprint density at radius 1 is 0.333 bits per heavy atom. The van der Waals surface area contributed by atoms with Crippen LogP contribution in [0.5, 0.6) is 0 Å². The molecule has 0 amide bonds. The third-order valence-electron chi connectivity index (χ3n) is 12.2. The smallest absolute Gasteiger partial charge is 0.164 e. The van der Waals surface area contributed by atoms with E-state index in [1.165, 1.54) is 26.9 Å². The second kappa shape index (κ2) is 12.7. The summed E-state index contributed by atoms with van der Waals surface area (Å²) in [6.07, 6.45) is 0. The molecule has 0 fully saturated rings. The third-order valence-corrected chi connectivity index (χ3v) is 12.2. The monoisotopic (exact) mass is 764 g/mol. The molecule has 0 spiro atoms. The number of para-hydroxylation sites is 3. The Bertz CT molecular complexity index is 3850. The fraction of sp³-hybridized carbons (Fsp3) is 0. The molecule has 0 bridgehead atoms. The van der Waals surface area contributed by atoms with Crippen LogP contribution in [0.25, 0.3) is 127 Å². The second-order valence-corrected chi connectivity index (χ2v) is 15.5. The maximum absolute atomic E-state index is 6.86. The average molecular weight is 765 g/mol. The van der Waals surface area contributed by atoms with Crippen LogP contribution in [0.2, 0.25) is 0 Å². The molecule has 0 atom stereocenters. The van der Waals surface area contributed by atoms with Crippen molar-refractivity contribution in [2.45, 2.75) is 0 Å². The lowest BCUT2D eigenvalue weighted by molar-refractivity contribution is 0.673. The van der Waals surface area contributed by atoms with Crippen molar-refractivity contribution in [3.8, 4) is 39.9 Å². The first-order valence-electron chi connectivity index (χ1n) is 20.3. The van der Waals surface area contributed by atoms with Gasteiger partial charge in [-0.2, -0.15) is 0 Å². The molecule has 3 heterocycles. The molecule has 278 valence electrons. The highest BCUT2D eigenvalue weighted by molar-refractivity contribution is 6.31. The molecule has 10 aromatic carbocycles. The van der Waals surface area contributed by atoms with Crippen LogP contribution in [0.4, 0.5) is 0 Å². The van der Waals surface area contributed by atoms with Gasteiger partial charge >= 0.3 is 0 Å². The Kier molecular flexibility index (Phi) is 6.95. The van der Waals surface area contributed by atoms with E-state index in [9.17, 15) is 0 Å². The van der Waals surface area contributed by atoms with Crippen molar-refractivity contribution >= 4 is 86.8 Å². The molecular weight excluding hydrogens is 733 g/mol. The number of rotatable bonds is 4. The van der Waals surface area contributed by atoms with Crippen LogP contribution >= 0.6 is 0 Å². The van der Waals surface area contributed by atoms with Gasteiger partial charge in [-0.15, -0.1) is 0 Å². The van der Waals surface area contributed by atoms with Gasteiger partial charge in [-0.1, -0.05) is 152 Å². The molecule has 0 unspecified atom stereocenters. The predicted octanol–water partition coefficient (Wildman–Crippen LogP) is 14.5. The number of benzene rings is 10. The third kappa shape index (κ3) is 4.77. The minimum atomic E-state index is 0.592. The Balaban J connectivity index is 1.16. The van der Waals surface area contributed by atoms with Crippen LogP contribution in [0.15, 0.2) is 199 Å². The average Bonchev–Trinajstić information content (AvgIpc) is 3.87. The van der Waals surface area contributed by atoms with Gasteiger partial charge in [0.25, 0.3) is 0 Å². The molecule has 0 aliphatic heterocycles. The fourth-order valence-electron chi connectivity index (χ4n) is 9.56. The first kappa shape index (κ1) is 32.9. The molecule has 0 saturated heterocycles. The summed E-state index contributed by atoms with van der Waals surface area (Å²) in [5, 5.41) is 13.8. The number of aromatic nitrogens is 4. The van der Waals surface area contributed by atoms with E-state index in [1.54, 1.807) is 0 Å². The van der Waals surface area contributed by atoms with Crippen molar-refractivity contribution in [2.75, 3.05) is 0 Å². The van der Waals surface area contributed by atoms with E-state index in [4.69, 9.17) is 19.4 Å². The number of hydrogen-bond acceptors (Lipinski definition) is 4. The first-order valence-corrected chi connectivity index (χ1v) is 20.3. The Morgan fingerprint density at radius 3 is 1.60 bits per heavy atom. The molecule has 0 N–H and O–H groups in total. The van der Waals surface area contributed by atoms with E-state index in [1.807, 2.05) is 24.3 Å². The second-order valence-electron chi connectivity index (χ2n) is 15.5. The number of fused-ring (bicyclic) bond motifs is 15. The van der Waals surface area contributed by atoms with Crippen LogP contribution in [-0.2, 0) is 0 Å². The van der Waals surface area contributed by atoms with Crippen molar-refractivity contribution in [3.63, 3.8) is 0 Å². The Labute approximate surface area is 343 Å². The maximum Gasteiger partial charge on any atom is 0.164 e. The van der Waals surface area contributed by atoms with E-state index < -0.39 is 0 Å². The van der Waals surface area contributed by atoms with Gasteiger partial charge in [-0.25, -0.2) is 15.0 Å². The molecule has 13 rings (SSSR count). The quantitative estimate of drug-likeness (QED) is 0.167. The van der Waals surface area contributed by atoms with Crippen LogP contribution in [0, 0.1) is 0 Å². The van der Waals surface area contributed by atoms with Gasteiger partial charge in [0.05, 0.1) is 11.0 Å². The van der Waals surface area contributed by atoms with Crippen molar-refractivity contribution in [2.24, 2.45) is 0 Å². The van der Waals surface area contributed by atoms with E-state index >= 15 is 0 Å². The number of nitrogens with zero attached hydrogens (tertiary/aromatic N) is 4. The van der Waals surface area contributed by atoms with Gasteiger partial charge in [0.15, 0.2) is 17.5 Å². The highest BCUT2D eigenvalue weighted by Gasteiger charge is 2.24. The Hall–Kier alpha value is -8.15. The zero-order valence-electron chi connectivity index (χ0n) is 32.2. The topological polar surface area (TPSA) is 56.7 Å². The molecule has 0 aliphatic carbocycles. The van der Waals surface area contributed by atoms with Crippen molar-refractivity contribution in [1.29, 1.82) is 0 Å². The van der Waals surface area contributed by atoms with E-state index in [-0.39, 0.29) is 0 Å². The zero-order chi connectivity index (χ0) is 39.3. The van der Waals surface area contributed by atoms with E-state index in [0.29, 0.717) is 17.5 Å². The molecule has 5 heteroatoms. The summed E-state index contributed by atoms with van der Waals surface area (Å²) < 4.78 is 9.21. The highest BCUT2D eigenvalue weighted by atomic mass is 16.3. The summed E-state index contributed by atoms with van der Waals surface area (Å²) in [5.41, 5.74) is 7.68. The van der Waals surface area contributed by atoms with Crippen molar-refractivity contribution < 1.29 is 4.42 Å². The fourth-order valence-corrected chi connectivity index (χ4v) is 9.56. The lowest BCUT2D eigenvalue weighted by Crippen LogP contribution is -2.01. The molecule has 0 aliphatic rings. The summed E-state index contributed by atoms with van der Waals surface area (Å²) in [6, 6.07) is 68.4. The van der Waals surface area contributed by atoms with Gasteiger partial charge in [0.2, 0.25) is 0 Å². The SMILES string of the molecule is c1ccc(-c2nc(-c3ccc4c5ccccc5c5ccccc5c4c3)nc(-c3cc4c(c5ccccc5n4-c4ccccc4)c4c3ccc3c5ccccc5oc34)n2)cc1. The summed E-state index contributed by atoms with van der Waals surface area (Å²) in [5.74, 6) is 1.81. The molecule has 0 radical (unpaired) electrons. The summed E-state index contributed by atoms with van der Waals surface area (Å²) in [6.45, 7) is 0. The summed E-state index contributed by atoms with van der Waals surface area (Å²) in [7, 11) is 0. The van der Waals surface area contributed by atoms with Crippen molar-refractivity contribution in [3.05, 3.63) is 194 Å². The van der Waals surface area contributed by atoms with E-state index in [2.05, 4.69) is 174 Å². The zero-order valence-corrected chi connectivity index (χ0v) is 32.2. The van der Waals surface area contributed by atoms with Crippen LogP contribution < -0.4 is 0 Å². The molecule has 60 heavy (non-hydrogen) atoms. The minimum Gasteiger partial charge on any atom is -0.455 e. The van der Waals surface area contributed by atoms with Crippen LogP contribution in [0.3, 0.4) is 0 Å². The number of furan rings is 1. The van der Waals surface area contributed by atoms with Gasteiger partial charge in [-0.3, -0.25) is 0 Å². The standard InChI is InChI=1S/C55H32N4O/c1-3-15-33(16-4-1)53-56-54(34-27-28-40-38-21-8-7-19-36(38)37-20-9-10-22-39(37)45(40)31-34)58-55(57-53)46-32-48-50(44-24-11-13-25-47(44)59(48)35-17-5-2-6-18-35)51-42(46)29-30-43-41-23-12-14-26-49(41)60-52(43)51/h1-32H. The largest absolute Gasteiger partial charge is 0.455 e. The molecule has 0 saturated carbocycles. The van der Waals surface area contributed by atoms with Crippen LogP contribution in [0.1, 0.15) is 0 Å². The van der Waals surface area contributed by atoms with Crippen LogP contribution in [-0.4, -0.2) is 19.5 Å². The summed E-state index contributed by atoms with van der Waals surface area (Å²) in [4.78, 5) is 16.0. The van der Waals surface area contributed by atoms with E-state index in [0.717, 1.165) is 82.3 Å². The van der Waals surface area contributed by atoms with Gasteiger partial charge in [0, 0.05) is 49.3 Å². The molecule has 3 aromatic heterocycles.